The summed E-state index contributed by atoms with van der Waals surface area (Å²) in [5.41, 5.74) is 1.84. The summed E-state index contributed by atoms with van der Waals surface area (Å²) >= 11 is 0. The first-order chi connectivity index (χ1) is 16.2. The molecule has 1 saturated heterocycles. The smallest absolute Gasteiger partial charge is 0.225 e. The Kier molecular flexibility index (Phi) is 7.57. The molecule has 1 aromatic carbocycles. The fraction of sp³-hybridized carbons (Fsp3) is 0.538. The Bertz CT molecular complexity index is 1060. The van der Waals surface area contributed by atoms with Gasteiger partial charge in [0, 0.05) is 38.5 Å². The fourth-order valence-electron chi connectivity index (χ4n) is 4.62. The highest BCUT2D eigenvalue weighted by Crippen LogP contribution is 2.27. The highest BCUT2D eigenvalue weighted by atomic mass is 16.2. The van der Waals surface area contributed by atoms with E-state index in [9.17, 15) is 4.79 Å². The lowest BCUT2D eigenvalue weighted by molar-refractivity contribution is -0.136. The number of aryl methyl sites for hydroxylation is 1. The molecule has 33 heavy (non-hydrogen) atoms. The van der Waals surface area contributed by atoms with Gasteiger partial charge in [0.05, 0.1) is 17.3 Å². The van der Waals surface area contributed by atoms with Crippen LogP contribution in [0, 0.1) is 5.92 Å². The van der Waals surface area contributed by atoms with Gasteiger partial charge in [0.25, 0.3) is 0 Å². The summed E-state index contributed by atoms with van der Waals surface area (Å²) < 4.78 is 1.90. The molecule has 4 rings (SSSR count). The third kappa shape index (κ3) is 5.02. The molecule has 1 fully saturated rings. The summed E-state index contributed by atoms with van der Waals surface area (Å²) in [5.74, 6) is 2.27. The highest BCUT2D eigenvalue weighted by Gasteiger charge is 2.28. The van der Waals surface area contributed by atoms with Crippen molar-refractivity contribution in [3.05, 3.63) is 42.4 Å². The number of anilines is 1. The van der Waals surface area contributed by atoms with Crippen LogP contribution in [0.15, 0.2) is 36.5 Å². The molecule has 1 atom stereocenters. The van der Waals surface area contributed by atoms with Crippen molar-refractivity contribution in [3.8, 4) is 5.69 Å². The van der Waals surface area contributed by atoms with Gasteiger partial charge in [-0.15, -0.1) is 0 Å². The van der Waals surface area contributed by atoms with E-state index in [0.29, 0.717) is 5.91 Å². The number of aromatic nitrogens is 4. The third-order valence-electron chi connectivity index (χ3n) is 6.57. The van der Waals surface area contributed by atoms with Crippen molar-refractivity contribution in [2.45, 2.75) is 59.3 Å². The number of hydrogen-bond donors (Lipinski definition) is 0. The van der Waals surface area contributed by atoms with E-state index in [2.05, 4.69) is 35.7 Å². The van der Waals surface area contributed by atoms with Crippen LogP contribution in [0.3, 0.4) is 0 Å². The normalized spacial score (nSPS) is 15.2. The van der Waals surface area contributed by atoms with Crippen LogP contribution in [0.25, 0.3) is 16.7 Å². The Balaban J connectivity index is 1.57. The van der Waals surface area contributed by atoms with E-state index in [4.69, 9.17) is 9.97 Å². The molecule has 0 spiro atoms. The number of rotatable bonds is 9. The monoisotopic (exact) mass is 448 g/mol. The summed E-state index contributed by atoms with van der Waals surface area (Å²) in [4.78, 5) is 27.2. The van der Waals surface area contributed by atoms with E-state index in [0.717, 1.165) is 93.1 Å². The number of carbonyl (C=O) groups is 1. The first-order valence-electron chi connectivity index (χ1n) is 12.5. The molecule has 0 radical (unpaired) electrons. The summed E-state index contributed by atoms with van der Waals surface area (Å²) in [6.07, 6.45) is 7.87. The number of unbranched alkanes of at least 4 members (excludes halogenated alkanes) is 1. The first kappa shape index (κ1) is 23.2. The second-order valence-corrected chi connectivity index (χ2v) is 8.90. The number of benzene rings is 1. The molecule has 1 aliphatic rings. The zero-order valence-corrected chi connectivity index (χ0v) is 20.2. The van der Waals surface area contributed by atoms with E-state index >= 15 is 0 Å². The molecule has 3 aromatic rings. The summed E-state index contributed by atoms with van der Waals surface area (Å²) in [6, 6.07) is 10.1. The predicted octanol–water partition coefficient (Wildman–Crippen LogP) is 4.63. The third-order valence-corrected chi connectivity index (χ3v) is 6.57. The molecule has 0 aliphatic carbocycles. The predicted molar refractivity (Wildman–Crippen MR) is 133 cm³/mol. The van der Waals surface area contributed by atoms with Gasteiger partial charge in [0.15, 0.2) is 5.65 Å². The van der Waals surface area contributed by atoms with Crippen LogP contribution in [0.1, 0.15) is 58.7 Å². The minimum Gasteiger partial charge on any atom is -0.352 e. The average molecular weight is 449 g/mol. The number of piperazine rings is 1. The molecule has 7 heteroatoms. The van der Waals surface area contributed by atoms with Crippen LogP contribution in [0.5, 0.6) is 0 Å². The molecule has 7 nitrogen and oxygen atoms in total. The fourth-order valence-corrected chi connectivity index (χ4v) is 4.62. The van der Waals surface area contributed by atoms with Crippen molar-refractivity contribution in [1.82, 2.24) is 24.6 Å². The van der Waals surface area contributed by atoms with Gasteiger partial charge < -0.3 is 9.80 Å². The van der Waals surface area contributed by atoms with Crippen LogP contribution < -0.4 is 4.90 Å². The zero-order chi connectivity index (χ0) is 23.2. The summed E-state index contributed by atoms with van der Waals surface area (Å²) in [7, 11) is 0. The minimum atomic E-state index is 0.155. The second kappa shape index (κ2) is 10.8. The SMILES string of the molecule is CCCC[C@@H](CC)C(=O)N1CCN(c2nc(CCC)nc3c2cnn3-c2ccccc2)CC1. The van der Waals surface area contributed by atoms with Crippen LogP contribution >= 0.6 is 0 Å². The minimum absolute atomic E-state index is 0.155. The van der Waals surface area contributed by atoms with Gasteiger partial charge in [-0.3, -0.25) is 4.79 Å². The van der Waals surface area contributed by atoms with E-state index in [1.807, 2.05) is 41.2 Å². The van der Waals surface area contributed by atoms with Crippen molar-refractivity contribution in [2.24, 2.45) is 5.92 Å². The molecule has 0 unspecified atom stereocenters. The molecule has 2 aromatic heterocycles. The summed E-state index contributed by atoms with van der Waals surface area (Å²) in [5, 5.41) is 5.62. The van der Waals surface area contributed by atoms with Gasteiger partial charge in [-0.2, -0.15) is 5.10 Å². The summed E-state index contributed by atoms with van der Waals surface area (Å²) in [6.45, 7) is 9.51. The maximum atomic E-state index is 13.1. The van der Waals surface area contributed by atoms with Crippen LogP contribution in [0.2, 0.25) is 0 Å². The molecular weight excluding hydrogens is 412 g/mol. The first-order valence-corrected chi connectivity index (χ1v) is 12.5. The molecule has 1 aliphatic heterocycles. The number of carbonyl (C=O) groups excluding carboxylic acids is 1. The number of amides is 1. The molecule has 176 valence electrons. The molecule has 0 bridgehead atoms. The number of nitrogens with zero attached hydrogens (tertiary/aromatic N) is 6. The van der Waals surface area contributed by atoms with Crippen molar-refractivity contribution in [2.75, 3.05) is 31.1 Å². The molecule has 0 saturated carbocycles. The Morgan fingerprint density at radius 1 is 1.00 bits per heavy atom. The van der Waals surface area contributed by atoms with Gasteiger partial charge in [-0.1, -0.05) is 51.8 Å². The van der Waals surface area contributed by atoms with Crippen molar-refractivity contribution in [3.63, 3.8) is 0 Å². The molecule has 0 N–H and O–H groups in total. The maximum absolute atomic E-state index is 13.1. The maximum Gasteiger partial charge on any atom is 0.225 e. The topological polar surface area (TPSA) is 67.2 Å². The standard InChI is InChI=1S/C26H36N6O/c1-4-7-12-20(6-3)26(33)31-17-15-30(16-18-31)24-22-19-27-32(21-13-9-8-10-14-21)25(22)29-23(28-24)11-5-2/h8-10,13-14,19-20H,4-7,11-12,15-18H2,1-3H3/t20-/m1/s1. The van der Waals surface area contributed by atoms with E-state index < -0.39 is 0 Å². The van der Waals surface area contributed by atoms with E-state index in [1.165, 1.54) is 0 Å². The van der Waals surface area contributed by atoms with Crippen LogP contribution in [0.4, 0.5) is 5.82 Å². The number of para-hydroxylation sites is 1. The second-order valence-electron chi connectivity index (χ2n) is 8.90. The van der Waals surface area contributed by atoms with Crippen molar-refractivity contribution in [1.29, 1.82) is 0 Å². The number of hydrogen-bond acceptors (Lipinski definition) is 5. The molecular formula is C26H36N6O. The van der Waals surface area contributed by atoms with Gasteiger partial charge in [0.2, 0.25) is 5.91 Å². The van der Waals surface area contributed by atoms with Crippen molar-refractivity contribution >= 4 is 22.8 Å². The van der Waals surface area contributed by atoms with E-state index in [1.54, 1.807) is 0 Å². The Hall–Kier alpha value is -2.96. The number of fused-ring (bicyclic) bond motifs is 1. The van der Waals surface area contributed by atoms with Gasteiger partial charge in [-0.25, -0.2) is 14.6 Å². The quantitative estimate of drug-likeness (QED) is 0.477. The van der Waals surface area contributed by atoms with Crippen molar-refractivity contribution < 1.29 is 4.79 Å². The highest BCUT2D eigenvalue weighted by molar-refractivity contribution is 5.88. The van der Waals surface area contributed by atoms with E-state index in [-0.39, 0.29) is 5.92 Å². The Morgan fingerprint density at radius 3 is 2.42 bits per heavy atom. The Labute approximate surface area is 196 Å². The van der Waals surface area contributed by atoms with Crippen LogP contribution in [-0.4, -0.2) is 56.7 Å². The van der Waals surface area contributed by atoms with Gasteiger partial charge in [0.1, 0.15) is 11.6 Å². The van der Waals surface area contributed by atoms with Crippen LogP contribution in [-0.2, 0) is 11.2 Å². The van der Waals surface area contributed by atoms with Gasteiger partial charge >= 0.3 is 0 Å². The average Bonchev–Trinajstić information content (AvgIpc) is 3.29. The lowest BCUT2D eigenvalue weighted by Crippen LogP contribution is -2.50. The van der Waals surface area contributed by atoms with Gasteiger partial charge in [-0.05, 0) is 31.4 Å². The Morgan fingerprint density at radius 2 is 1.76 bits per heavy atom. The molecule has 1 amide bonds. The lowest BCUT2D eigenvalue weighted by atomic mass is 9.97. The zero-order valence-electron chi connectivity index (χ0n) is 20.2. The lowest BCUT2D eigenvalue weighted by Gasteiger charge is -2.37. The molecule has 3 heterocycles. The largest absolute Gasteiger partial charge is 0.352 e.